The summed E-state index contributed by atoms with van der Waals surface area (Å²) < 4.78 is 0. The summed E-state index contributed by atoms with van der Waals surface area (Å²) >= 11 is 0. The van der Waals surface area contributed by atoms with Crippen molar-refractivity contribution in [2.45, 2.75) is 39.5 Å². The Balaban J connectivity index is 2.24. The summed E-state index contributed by atoms with van der Waals surface area (Å²) in [6.07, 6.45) is 2.17. The van der Waals surface area contributed by atoms with E-state index in [9.17, 15) is 0 Å². The van der Waals surface area contributed by atoms with Gasteiger partial charge in [0, 0.05) is 5.92 Å². The van der Waals surface area contributed by atoms with Gasteiger partial charge in [0.2, 0.25) is 0 Å². The maximum absolute atomic E-state index is 2.34. The lowest BCUT2D eigenvalue weighted by Gasteiger charge is -2.23. The fraction of sp³-hybridized carbons (Fsp3) is 0.250. The molecule has 0 aliphatic carbocycles. The largest absolute Gasteiger partial charge is 0.0622 e. The van der Waals surface area contributed by atoms with Gasteiger partial charge in [-0.2, -0.15) is 0 Å². The summed E-state index contributed by atoms with van der Waals surface area (Å²) in [6, 6.07) is 26.3. The molecule has 0 saturated carbocycles. The van der Waals surface area contributed by atoms with Crippen LogP contribution in [0.1, 0.15) is 48.9 Å². The third kappa shape index (κ3) is 3.14. The van der Waals surface area contributed by atoms with Gasteiger partial charge in [-0.3, -0.25) is 0 Å². The minimum atomic E-state index is 0.392. The highest BCUT2D eigenvalue weighted by Crippen LogP contribution is 2.37. The van der Waals surface area contributed by atoms with Crippen molar-refractivity contribution in [2.75, 3.05) is 0 Å². The van der Waals surface area contributed by atoms with Gasteiger partial charge in [-0.15, -0.1) is 0 Å². The third-order valence-corrected chi connectivity index (χ3v) is 5.01. The van der Waals surface area contributed by atoms with Crippen LogP contribution < -0.4 is 0 Å². The molecule has 0 aliphatic rings. The van der Waals surface area contributed by atoms with E-state index in [0.717, 1.165) is 12.8 Å². The first-order valence-corrected chi connectivity index (χ1v) is 9.01. The molecule has 0 saturated heterocycles. The average Bonchev–Trinajstić information content (AvgIpc) is 2.67. The van der Waals surface area contributed by atoms with Gasteiger partial charge in [-0.1, -0.05) is 93.6 Å². The normalized spacial score (nSPS) is 12.1. The molecule has 3 rings (SSSR count). The zero-order chi connectivity index (χ0) is 16.9. The third-order valence-electron chi connectivity index (χ3n) is 5.01. The van der Waals surface area contributed by atoms with E-state index in [1.165, 1.54) is 33.4 Å². The van der Waals surface area contributed by atoms with Crippen LogP contribution in [0.15, 0.2) is 72.8 Å². The Labute approximate surface area is 146 Å². The van der Waals surface area contributed by atoms with Crippen LogP contribution in [-0.2, 0) is 12.8 Å². The predicted octanol–water partition coefficient (Wildman–Crippen LogP) is 6.63. The molecule has 3 aromatic rings. The zero-order valence-corrected chi connectivity index (χ0v) is 14.9. The van der Waals surface area contributed by atoms with E-state index in [1.54, 1.807) is 0 Å². The quantitative estimate of drug-likeness (QED) is 0.496. The molecule has 0 bridgehead atoms. The first kappa shape index (κ1) is 16.5. The van der Waals surface area contributed by atoms with Crippen molar-refractivity contribution in [2.24, 2.45) is 0 Å². The topological polar surface area (TPSA) is 0 Å². The lowest BCUT2D eigenvalue weighted by Crippen LogP contribution is -2.06. The molecule has 0 spiro atoms. The molecule has 0 fully saturated rings. The van der Waals surface area contributed by atoms with Crippen molar-refractivity contribution >= 4 is 0 Å². The minimum Gasteiger partial charge on any atom is -0.0622 e. The monoisotopic (exact) mass is 314 g/mol. The van der Waals surface area contributed by atoms with Gasteiger partial charge in [0.1, 0.15) is 0 Å². The predicted molar refractivity (Wildman–Crippen MR) is 105 cm³/mol. The van der Waals surface area contributed by atoms with Crippen LogP contribution in [0.2, 0.25) is 0 Å². The van der Waals surface area contributed by atoms with E-state index < -0.39 is 0 Å². The number of hydrogen-bond donors (Lipinski definition) is 0. The van der Waals surface area contributed by atoms with E-state index in [4.69, 9.17) is 0 Å². The van der Waals surface area contributed by atoms with E-state index in [-0.39, 0.29) is 0 Å². The maximum atomic E-state index is 2.34. The summed E-state index contributed by atoms with van der Waals surface area (Å²) in [7, 11) is 0. The van der Waals surface area contributed by atoms with Gasteiger partial charge in [-0.05, 0) is 46.2 Å². The zero-order valence-electron chi connectivity index (χ0n) is 14.9. The highest BCUT2D eigenvalue weighted by Gasteiger charge is 2.19. The van der Waals surface area contributed by atoms with Gasteiger partial charge in [0.25, 0.3) is 0 Å². The molecule has 24 heavy (non-hydrogen) atoms. The summed E-state index contributed by atoms with van der Waals surface area (Å²) in [6.45, 7) is 6.88. The minimum absolute atomic E-state index is 0.392. The lowest BCUT2D eigenvalue weighted by molar-refractivity contribution is 0.881. The molecule has 1 atom stereocenters. The van der Waals surface area contributed by atoms with Crippen LogP contribution in [0.25, 0.3) is 11.1 Å². The highest BCUT2D eigenvalue weighted by atomic mass is 14.2. The van der Waals surface area contributed by atoms with Gasteiger partial charge in [-0.25, -0.2) is 0 Å². The van der Waals surface area contributed by atoms with Gasteiger partial charge < -0.3 is 0 Å². The Kier molecular flexibility index (Phi) is 5.15. The first-order valence-electron chi connectivity index (χ1n) is 9.01. The number of rotatable bonds is 5. The van der Waals surface area contributed by atoms with Crippen LogP contribution in [-0.4, -0.2) is 0 Å². The fourth-order valence-corrected chi connectivity index (χ4v) is 3.73. The molecule has 1 unspecified atom stereocenters. The molecule has 0 radical (unpaired) electrons. The van der Waals surface area contributed by atoms with Gasteiger partial charge in [0.15, 0.2) is 0 Å². The van der Waals surface area contributed by atoms with Crippen LogP contribution in [0.5, 0.6) is 0 Å². The number of benzene rings is 3. The summed E-state index contributed by atoms with van der Waals surface area (Å²) in [5.41, 5.74) is 8.57. The Morgan fingerprint density at radius 2 is 1.33 bits per heavy atom. The van der Waals surface area contributed by atoms with Crippen LogP contribution in [0.4, 0.5) is 0 Å². The molecule has 0 aromatic heterocycles. The van der Waals surface area contributed by atoms with Crippen molar-refractivity contribution in [3.63, 3.8) is 0 Å². The van der Waals surface area contributed by atoms with E-state index in [1.807, 2.05) is 0 Å². The second-order valence-electron chi connectivity index (χ2n) is 6.37. The van der Waals surface area contributed by atoms with Crippen LogP contribution in [0.3, 0.4) is 0 Å². The molecular formula is C24H26. The van der Waals surface area contributed by atoms with E-state index in [2.05, 4.69) is 93.6 Å². The number of aryl methyl sites for hydroxylation is 1. The summed E-state index contributed by atoms with van der Waals surface area (Å²) in [4.78, 5) is 0. The molecule has 0 heteroatoms. The molecule has 0 aliphatic heterocycles. The molecule has 122 valence electrons. The maximum Gasteiger partial charge on any atom is 0.00699 e. The van der Waals surface area contributed by atoms with Crippen molar-refractivity contribution in [1.82, 2.24) is 0 Å². The smallest absolute Gasteiger partial charge is 0.00699 e. The van der Waals surface area contributed by atoms with E-state index in [0.29, 0.717) is 5.92 Å². The molecular weight excluding hydrogens is 288 g/mol. The Hall–Kier alpha value is -2.34. The molecule has 0 N–H and O–H groups in total. The van der Waals surface area contributed by atoms with Crippen LogP contribution >= 0.6 is 0 Å². The Morgan fingerprint density at radius 3 is 1.92 bits per heavy atom. The highest BCUT2D eigenvalue weighted by molar-refractivity contribution is 5.71. The van der Waals surface area contributed by atoms with Crippen molar-refractivity contribution in [3.8, 4) is 11.1 Å². The van der Waals surface area contributed by atoms with E-state index >= 15 is 0 Å². The summed E-state index contributed by atoms with van der Waals surface area (Å²) in [5, 5.41) is 0. The summed E-state index contributed by atoms with van der Waals surface area (Å²) in [5.74, 6) is 0.392. The lowest BCUT2D eigenvalue weighted by atomic mass is 9.81. The van der Waals surface area contributed by atoms with Crippen LogP contribution in [0, 0.1) is 0 Å². The Bertz CT molecular complexity index is 785. The van der Waals surface area contributed by atoms with Gasteiger partial charge in [0.05, 0.1) is 0 Å². The molecule has 0 nitrogen and oxygen atoms in total. The average molecular weight is 314 g/mol. The first-order chi connectivity index (χ1) is 11.8. The van der Waals surface area contributed by atoms with Gasteiger partial charge >= 0.3 is 0 Å². The van der Waals surface area contributed by atoms with Crippen molar-refractivity contribution in [3.05, 3.63) is 95.1 Å². The van der Waals surface area contributed by atoms with Crippen molar-refractivity contribution in [1.29, 1.82) is 0 Å². The standard InChI is InChI=1S/C24H26/c1-4-19-16-17-23(21-14-10-7-11-15-21)24(22(19)5-2)18(3)20-12-8-6-9-13-20/h6-18H,4-5H2,1-3H3. The fourth-order valence-electron chi connectivity index (χ4n) is 3.73. The SMILES string of the molecule is CCc1ccc(-c2ccccc2)c(C(C)c2ccccc2)c1CC. The molecule has 0 heterocycles. The molecule has 0 amide bonds. The second-order valence-corrected chi connectivity index (χ2v) is 6.37. The Morgan fingerprint density at radius 1 is 0.708 bits per heavy atom. The molecule has 3 aromatic carbocycles. The van der Waals surface area contributed by atoms with Crippen molar-refractivity contribution < 1.29 is 0 Å². The second kappa shape index (κ2) is 7.49. The number of hydrogen-bond acceptors (Lipinski definition) is 0.